The first kappa shape index (κ1) is 23.4. The molecule has 2 aromatic rings. The van der Waals surface area contributed by atoms with Crippen molar-refractivity contribution < 1.29 is 14.3 Å². The summed E-state index contributed by atoms with van der Waals surface area (Å²) < 4.78 is 5.38. The number of carbonyl (C=O) groups is 2. The van der Waals surface area contributed by atoms with Gasteiger partial charge >= 0.3 is 0 Å². The summed E-state index contributed by atoms with van der Waals surface area (Å²) in [5.74, 6) is -0.298. The minimum absolute atomic E-state index is 0.0277. The highest BCUT2D eigenvalue weighted by molar-refractivity contribution is 6.42. The second-order valence-electron chi connectivity index (χ2n) is 9.26. The molecule has 1 aliphatic carbocycles. The highest BCUT2D eigenvalue weighted by atomic mass is 35.5. The van der Waals surface area contributed by atoms with Crippen LogP contribution in [0.3, 0.4) is 0 Å². The molecule has 0 radical (unpaired) electrons. The third-order valence-corrected chi connectivity index (χ3v) is 6.86. The molecule has 0 unspecified atom stereocenters. The first-order valence-electron chi connectivity index (χ1n) is 10.7. The summed E-state index contributed by atoms with van der Waals surface area (Å²) in [5, 5.41) is 7.11. The predicted molar refractivity (Wildman–Crippen MR) is 132 cm³/mol. The Morgan fingerprint density at radius 1 is 1.12 bits per heavy atom. The van der Waals surface area contributed by atoms with E-state index in [0.717, 1.165) is 11.3 Å². The van der Waals surface area contributed by atoms with E-state index in [4.69, 9.17) is 27.9 Å². The summed E-state index contributed by atoms with van der Waals surface area (Å²) in [4.78, 5) is 27.0. The van der Waals surface area contributed by atoms with Gasteiger partial charge in [-0.2, -0.15) is 0 Å². The molecule has 2 aliphatic rings. The van der Waals surface area contributed by atoms with Gasteiger partial charge in [0.2, 0.25) is 0 Å². The van der Waals surface area contributed by atoms with Crippen LogP contribution in [0.2, 0.25) is 10.0 Å². The van der Waals surface area contributed by atoms with Crippen molar-refractivity contribution in [2.45, 2.75) is 39.5 Å². The van der Waals surface area contributed by atoms with Crippen LogP contribution in [-0.4, -0.2) is 18.8 Å². The number of hydrogen-bond acceptors (Lipinski definition) is 4. The first-order valence-corrected chi connectivity index (χ1v) is 11.5. The maximum atomic E-state index is 13.6. The summed E-state index contributed by atoms with van der Waals surface area (Å²) in [7, 11) is 1.55. The lowest BCUT2D eigenvalue weighted by Gasteiger charge is -2.39. The van der Waals surface area contributed by atoms with Gasteiger partial charge in [0.25, 0.3) is 5.91 Å². The summed E-state index contributed by atoms with van der Waals surface area (Å²) in [6.45, 7) is 6.01. The summed E-state index contributed by atoms with van der Waals surface area (Å²) in [6, 6.07) is 12.5. The number of Topliss-reactive ketones (excluding diaryl/α,β-unsaturated/α-hetero) is 1. The molecule has 0 aromatic heterocycles. The number of carbonyl (C=O) groups excluding carboxylic acids is 2. The second kappa shape index (κ2) is 8.88. The molecule has 7 heteroatoms. The second-order valence-corrected chi connectivity index (χ2v) is 10.1. The standard InChI is InChI=1S/C26H26Cl2N2O3/c1-14-22(25(32)30-18-7-5-6-8-21(18)33-4)23(15-9-10-16(27)17(28)11-15)24-19(29-14)12-26(2,3)13-20(24)31/h5-11,23,29H,12-13H2,1-4H3,(H,30,32)/t23-/m1/s1. The van der Waals surface area contributed by atoms with Crippen LogP contribution < -0.4 is 15.4 Å². The fourth-order valence-electron chi connectivity index (χ4n) is 4.70. The van der Waals surface area contributed by atoms with Crippen molar-refractivity contribution in [1.82, 2.24) is 5.32 Å². The van der Waals surface area contributed by atoms with Crippen molar-refractivity contribution >= 4 is 40.6 Å². The van der Waals surface area contributed by atoms with E-state index >= 15 is 0 Å². The lowest BCUT2D eigenvalue weighted by atomic mass is 9.68. The third kappa shape index (κ3) is 4.53. The molecule has 5 nitrogen and oxygen atoms in total. The summed E-state index contributed by atoms with van der Waals surface area (Å²) >= 11 is 12.5. The quantitative estimate of drug-likeness (QED) is 0.538. The average molecular weight is 485 g/mol. The molecule has 0 saturated carbocycles. The number of ether oxygens (including phenoxy) is 1. The smallest absolute Gasteiger partial charge is 0.254 e. The Kier molecular flexibility index (Phi) is 6.30. The molecule has 1 heterocycles. The van der Waals surface area contributed by atoms with E-state index in [1.54, 1.807) is 31.4 Å². The van der Waals surface area contributed by atoms with E-state index in [2.05, 4.69) is 24.5 Å². The molecule has 0 bridgehead atoms. The molecular formula is C26H26Cl2N2O3. The van der Waals surface area contributed by atoms with Crippen LogP contribution in [0, 0.1) is 5.41 Å². The number of dihydropyridines is 1. The highest BCUT2D eigenvalue weighted by Gasteiger charge is 2.42. The average Bonchev–Trinajstić information content (AvgIpc) is 2.74. The fourth-order valence-corrected chi connectivity index (χ4v) is 5.01. The Hall–Kier alpha value is -2.76. The number of ketones is 1. The molecular weight excluding hydrogens is 459 g/mol. The lowest BCUT2D eigenvalue weighted by Crippen LogP contribution is -2.39. The van der Waals surface area contributed by atoms with E-state index < -0.39 is 5.92 Å². The molecule has 0 spiro atoms. The maximum Gasteiger partial charge on any atom is 0.254 e. The van der Waals surface area contributed by atoms with Crippen LogP contribution in [0.1, 0.15) is 45.1 Å². The maximum absolute atomic E-state index is 13.6. The minimum atomic E-state index is -0.561. The van der Waals surface area contributed by atoms with Crippen LogP contribution in [0.4, 0.5) is 5.69 Å². The number of nitrogens with one attached hydrogen (secondary N) is 2. The van der Waals surface area contributed by atoms with Gasteiger partial charge in [0, 0.05) is 34.9 Å². The van der Waals surface area contributed by atoms with Gasteiger partial charge in [-0.25, -0.2) is 0 Å². The Balaban J connectivity index is 1.83. The molecule has 2 N–H and O–H groups in total. The summed E-state index contributed by atoms with van der Waals surface area (Å²) in [6.07, 6.45) is 1.12. The third-order valence-electron chi connectivity index (χ3n) is 6.12. The Labute approximate surface area is 203 Å². The van der Waals surface area contributed by atoms with Crippen molar-refractivity contribution in [2.24, 2.45) is 5.41 Å². The van der Waals surface area contributed by atoms with Crippen molar-refractivity contribution in [3.63, 3.8) is 0 Å². The largest absolute Gasteiger partial charge is 0.495 e. The SMILES string of the molecule is COc1ccccc1NC(=O)C1=C(C)NC2=C(C(=O)CC(C)(C)C2)[C@@H]1c1ccc(Cl)c(Cl)c1. The van der Waals surface area contributed by atoms with E-state index in [-0.39, 0.29) is 17.1 Å². The molecule has 1 atom stereocenters. The molecule has 1 aliphatic heterocycles. The molecule has 2 aromatic carbocycles. The van der Waals surface area contributed by atoms with Crippen LogP contribution in [0.25, 0.3) is 0 Å². The number of anilines is 1. The highest BCUT2D eigenvalue weighted by Crippen LogP contribution is 2.47. The number of rotatable bonds is 4. The Morgan fingerprint density at radius 3 is 2.55 bits per heavy atom. The van der Waals surface area contributed by atoms with Gasteiger partial charge in [-0.3, -0.25) is 9.59 Å². The van der Waals surface area contributed by atoms with E-state index in [9.17, 15) is 9.59 Å². The predicted octanol–water partition coefficient (Wildman–Crippen LogP) is 6.24. The number of para-hydroxylation sites is 2. The van der Waals surface area contributed by atoms with Gasteiger partial charge in [-0.15, -0.1) is 0 Å². The Morgan fingerprint density at radius 2 is 1.85 bits per heavy atom. The first-order chi connectivity index (χ1) is 15.6. The number of halogens is 2. The molecule has 0 saturated heterocycles. The van der Waals surface area contributed by atoms with Crippen LogP contribution >= 0.6 is 23.2 Å². The molecule has 172 valence electrons. The molecule has 0 fully saturated rings. The van der Waals surface area contributed by atoms with E-state index in [1.165, 1.54) is 0 Å². The zero-order valence-electron chi connectivity index (χ0n) is 19.0. The van der Waals surface area contributed by atoms with Crippen molar-refractivity contribution in [1.29, 1.82) is 0 Å². The van der Waals surface area contributed by atoms with Gasteiger partial charge < -0.3 is 15.4 Å². The number of allylic oxidation sites excluding steroid dienone is 3. The monoisotopic (exact) mass is 484 g/mol. The number of benzene rings is 2. The van der Waals surface area contributed by atoms with Gasteiger partial charge in [0.1, 0.15) is 5.75 Å². The summed E-state index contributed by atoms with van der Waals surface area (Å²) in [5.41, 5.74) is 3.77. The fraction of sp³-hybridized carbons (Fsp3) is 0.308. The number of methoxy groups -OCH3 is 1. The zero-order valence-corrected chi connectivity index (χ0v) is 20.5. The minimum Gasteiger partial charge on any atom is -0.495 e. The van der Waals surface area contributed by atoms with Crippen LogP contribution in [-0.2, 0) is 9.59 Å². The van der Waals surface area contributed by atoms with E-state index in [1.807, 2.05) is 25.1 Å². The van der Waals surface area contributed by atoms with E-state index in [0.29, 0.717) is 51.2 Å². The van der Waals surface area contributed by atoms with Gasteiger partial charge in [0.05, 0.1) is 22.8 Å². The molecule has 1 amide bonds. The number of hydrogen-bond donors (Lipinski definition) is 2. The van der Waals surface area contributed by atoms with Gasteiger partial charge in [-0.05, 0) is 48.6 Å². The number of amides is 1. The molecule has 4 rings (SSSR count). The Bertz CT molecular complexity index is 1210. The van der Waals surface area contributed by atoms with Gasteiger partial charge in [-0.1, -0.05) is 55.2 Å². The lowest BCUT2D eigenvalue weighted by molar-refractivity contribution is -0.118. The van der Waals surface area contributed by atoms with Crippen molar-refractivity contribution in [2.75, 3.05) is 12.4 Å². The van der Waals surface area contributed by atoms with Crippen molar-refractivity contribution in [3.05, 3.63) is 80.6 Å². The van der Waals surface area contributed by atoms with Crippen LogP contribution in [0.5, 0.6) is 5.75 Å². The van der Waals surface area contributed by atoms with Gasteiger partial charge in [0.15, 0.2) is 5.78 Å². The zero-order chi connectivity index (χ0) is 23.9. The van der Waals surface area contributed by atoms with Crippen molar-refractivity contribution in [3.8, 4) is 5.75 Å². The topological polar surface area (TPSA) is 67.4 Å². The van der Waals surface area contributed by atoms with Crippen LogP contribution in [0.15, 0.2) is 65.0 Å². The molecule has 33 heavy (non-hydrogen) atoms. The normalized spacial score (nSPS) is 19.7.